The fourth-order valence-corrected chi connectivity index (χ4v) is 2.94. The largest absolute Gasteiger partial charge is 0.478 e. The van der Waals surface area contributed by atoms with Crippen molar-refractivity contribution in [3.63, 3.8) is 0 Å². The summed E-state index contributed by atoms with van der Waals surface area (Å²) in [5, 5.41) is 9.31. The quantitative estimate of drug-likeness (QED) is 0.474. The lowest BCUT2D eigenvalue weighted by Crippen LogP contribution is -2.06. The Bertz CT molecular complexity index is 854. The first-order valence-electron chi connectivity index (χ1n) is 6.49. The Morgan fingerprint density at radius 2 is 1.74 bits per heavy atom. The Hall–Kier alpha value is -2.12. The number of hydrogen-bond donors (Lipinski definition) is 1. The van der Waals surface area contributed by atoms with Crippen molar-refractivity contribution < 1.29 is 22.5 Å². The van der Waals surface area contributed by atoms with Crippen LogP contribution in [0.2, 0.25) is 0 Å². The third-order valence-corrected chi connectivity index (χ3v) is 4.79. The van der Waals surface area contributed by atoms with E-state index in [0.717, 1.165) is 10.7 Å². The van der Waals surface area contributed by atoms with Gasteiger partial charge in [0.1, 0.15) is 16.7 Å². The minimum absolute atomic E-state index is 0.0635. The van der Waals surface area contributed by atoms with Crippen molar-refractivity contribution in [1.82, 2.24) is 0 Å². The average Bonchev–Trinajstić information content (AvgIpc) is 2.49. The number of carboxylic acids is 1. The Balaban J connectivity index is 2.37. The number of rotatable bonds is 5. The molecule has 0 bridgehead atoms. The summed E-state index contributed by atoms with van der Waals surface area (Å²) in [7, 11) is -4.09. The van der Waals surface area contributed by atoms with Gasteiger partial charge in [0, 0.05) is 4.47 Å². The zero-order chi connectivity index (χ0) is 17.0. The number of benzene rings is 2. The smallest absolute Gasteiger partial charge is 0.339 e. The average molecular weight is 397 g/mol. The lowest BCUT2D eigenvalue weighted by molar-refractivity contribution is -0.130. The molecule has 2 aromatic rings. The fourth-order valence-electron chi connectivity index (χ4n) is 1.87. The monoisotopic (exact) mass is 396 g/mol. The summed E-state index contributed by atoms with van der Waals surface area (Å²) < 4.78 is 29.7. The molecule has 0 radical (unpaired) electrons. The third-order valence-electron chi connectivity index (χ3n) is 3.06. The predicted molar refractivity (Wildman–Crippen MR) is 89.2 cm³/mol. The maximum Gasteiger partial charge on any atom is 0.339 e. The number of aliphatic carboxylic acids is 1. The second-order valence-electron chi connectivity index (χ2n) is 4.66. The molecule has 5 nitrogen and oxygen atoms in total. The molecule has 0 saturated heterocycles. The first-order valence-corrected chi connectivity index (χ1v) is 8.70. The molecule has 23 heavy (non-hydrogen) atoms. The third kappa shape index (κ3) is 4.20. The van der Waals surface area contributed by atoms with Gasteiger partial charge in [-0.05, 0) is 42.3 Å². The minimum Gasteiger partial charge on any atom is -0.478 e. The van der Waals surface area contributed by atoms with Crippen molar-refractivity contribution in [2.45, 2.75) is 11.8 Å². The van der Waals surface area contributed by atoms with Crippen LogP contribution in [0.4, 0.5) is 0 Å². The van der Waals surface area contributed by atoms with Gasteiger partial charge < -0.3 is 9.29 Å². The van der Waals surface area contributed by atoms with E-state index in [2.05, 4.69) is 15.9 Å². The van der Waals surface area contributed by atoms with Gasteiger partial charge in [-0.2, -0.15) is 8.42 Å². The molecular weight excluding hydrogens is 384 g/mol. The molecule has 0 aliphatic heterocycles. The summed E-state index contributed by atoms with van der Waals surface area (Å²) >= 11 is 3.21. The van der Waals surface area contributed by atoms with Gasteiger partial charge in [0.2, 0.25) is 0 Å². The molecule has 2 aromatic carbocycles. The maximum absolute atomic E-state index is 12.1. The van der Waals surface area contributed by atoms with Crippen LogP contribution in [0.3, 0.4) is 0 Å². The van der Waals surface area contributed by atoms with Crippen LogP contribution in [0, 0.1) is 6.92 Å². The second-order valence-corrected chi connectivity index (χ2v) is 7.14. The van der Waals surface area contributed by atoms with Crippen LogP contribution in [0.15, 0.2) is 64.2 Å². The number of aryl methyl sites for hydroxylation is 1. The number of carbonyl (C=O) groups is 1. The highest BCUT2D eigenvalue weighted by molar-refractivity contribution is 9.10. The van der Waals surface area contributed by atoms with Crippen molar-refractivity contribution in [3.8, 4) is 0 Å². The summed E-state index contributed by atoms with van der Waals surface area (Å²) in [6.45, 7) is 1.73. The van der Waals surface area contributed by atoms with Crippen LogP contribution in [0.25, 0.3) is 5.57 Å². The molecular formula is C16H13BrO5S. The van der Waals surface area contributed by atoms with E-state index in [9.17, 15) is 18.3 Å². The van der Waals surface area contributed by atoms with Crippen LogP contribution in [0.5, 0.6) is 0 Å². The normalized spacial score (nSPS) is 12.0. The van der Waals surface area contributed by atoms with Crippen molar-refractivity contribution in [3.05, 3.63) is 70.4 Å². The van der Waals surface area contributed by atoms with Gasteiger partial charge in [-0.15, -0.1) is 0 Å². The minimum atomic E-state index is -4.09. The van der Waals surface area contributed by atoms with Crippen LogP contribution in [-0.2, 0) is 19.1 Å². The van der Waals surface area contributed by atoms with E-state index < -0.39 is 16.1 Å². The van der Waals surface area contributed by atoms with Gasteiger partial charge in [0.25, 0.3) is 0 Å². The van der Waals surface area contributed by atoms with Crippen molar-refractivity contribution in [1.29, 1.82) is 0 Å². The molecule has 0 spiro atoms. The molecule has 0 fully saturated rings. The molecule has 7 heteroatoms. The number of halogens is 1. The van der Waals surface area contributed by atoms with E-state index in [1.54, 1.807) is 43.3 Å². The molecule has 0 aliphatic rings. The van der Waals surface area contributed by atoms with Gasteiger partial charge in [-0.3, -0.25) is 0 Å². The predicted octanol–water partition coefficient (Wildman–Crippen LogP) is 3.59. The summed E-state index contributed by atoms with van der Waals surface area (Å²) in [6.07, 6.45) is 0.752. The van der Waals surface area contributed by atoms with E-state index in [0.29, 0.717) is 11.1 Å². The van der Waals surface area contributed by atoms with E-state index in [-0.39, 0.29) is 10.5 Å². The first kappa shape index (κ1) is 17.2. The Morgan fingerprint density at radius 1 is 1.13 bits per heavy atom. The second kappa shape index (κ2) is 6.97. The highest BCUT2D eigenvalue weighted by Gasteiger charge is 2.18. The van der Waals surface area contributed by atoms with Gasteiger partial charge >= 0.3 is 16.1 Å². The van der Waals surface area contributed by atoms with Gasteiger partial charge in [0.15, 0.2) is 0 Å². The Labute approximate surface area is 142 Å². The highest BCUT2D eigenvalue weighted by atomic mass is 79.9. The summed E-state index contributed by atoms with van der Waals surface area (Å²) in [5.74, 6) is -1.27. The van der Waals surface area contributed by atoms with Gasteiger partial charge in [0.05, 0.1) is 0 Å². The molecule has 0 unspecified atom stereocenters. The van der Waals surface area contributed by atoms with Crippen molar-refractivity contribution >= 4 is 37.6 Å². The van der Waals surface area contributed by atoms with Crippen LogP contribution in [0.1, 0.15) is 11.1 Å². The lowest BCUT2D eigenvalue weighted by Gasteiger charge is -2.08. The number of carboxylic acid groups (broad SMARTS) is 1. The summed E-state index contributed by atoms with van der Waals surface area (Å²) in [4.78, 5) is 11.3. The molecule has 120 valence electrons. The van der Waals surface area contributed by atoms with Crippen LogP contribution in [-0.4, -0.2) is 19.5 Å². The molecule has 0 amide bonds. The Kier molecular flexibility index (Phi) is 5.23. The van der Waals surface area contributed by atoms with Gasteiger partial charge in [-0.25, -0.2) is 4.79 Å². The van der Waals surface area contributed by atoms with E-state index in [4.69, 9.17) is 4.18 Å². The summed E-state index contributed by atoms with van der Waals surface area (Å²) in [6, 6.07) is 12.6. The van der Waals surface area contributed by atoms with Crippen molar-refractivity contribution in [2.75, 3.05) is 0 Å². The molecule has 0 aromatic heterocycles. The zero-order valence-corrected chi connectivity index (χ0v) is 14.5. The van der Waals surface area contributed by atoms with Crippen LogP contribution >= 0.6 is 15.9 Å². The lowest BCUT2D eigenvalue weighted by atomic mass is 10.0. The molecule has 0 heterocycles. The van der Waals surface area contributed by atoms with Gasteiger partial charge in [-0.1, -0.05) is 40.2 Å². The zero-order valence-electron chi connectivity index (χ0n) is 12.1. The standard InChI is InChI=1S/C16H13BrO5S/c1-11-4-2-3-5-14(11)15(16(18)19)10-22-23(20,21)13-8-6-12(17)7-9-13/h2-10H,1H3,(H,18,19)/b15-10+. The molecule has 1 N–H and O–H groups in total. The van der Waals surface area contributed by atoms with Crippen LogP contribution < -0.4 is 0 Å². The van der Waals surface area contributed by atoms with E-state index >= 15 is 0 Å². The fraction of sp³-hybridized carbons (Fsp3) is 0.0625. The van der Waals surface area contributed by atoms with E-state index in [1.807, 2.05) is 0 Å². The summed E-state index contributed by atoms with van der Waals surface area (Å²) in [5.41, 5.74) is 0.862. The molecule has 0 atom stereocenters. The molecule has 2 rings (SSSR count). The topological polar surface area (TPSA) is 80.7 Å². The molecule has 0 aliphatic carbocycles. The maximum atomic E-state index is 12.1. The highest BCUT2D eigenvalue weighted by Crippen LogP contribution is 2.22. The first-order chi connectivity index (χ1) is 10.8. The molecule has 0 saturated carbocycles. The number of hydrogen-bond acceptors (Lipinski definition) is 4. The van der Waals surface area contributed by atoms with E-state index in [1.165, 1.54) is 12.1 Å². The van der Waals surface area contributed by atoms with Crippen molar-refractivity contribution in [2.24, 2.45) is 0 Å². The SMILES string of the molecule is Cc1ccccc1/C(=C\OS(=O)(=O)c1ccc(Br)cc1)C(=O)O. The Morgan fingerprint density at radius 3 is 2.30 bits per heavy atom.